The van der Waals surface area contributed by atoms with E-state index in [4.69, 9.17) is 26.1 Å². The Bertz CT molecular complexity index is 1180. The molecule has 1 aromatic heterocycles. The number of hydrogen-bond acceptors (Lipinski definition) is 9. The quantitative estimate of drug-likeness (QED) is 0.549. The molecule has 5 rings (SSSR count). The first-order valence-electron chi connectivity index (χ1n) is 9.00. The molecule has 3 aromatic rings. The second-order valence-electron chi connectivity index (χ2n) is 6.46. The van der Waals surface area contributed by atoms with Crippen molar-refractivity contribution in [2.75, 3.05) is 17.3 Å². The molecule has 2 aliphatic rings. The molecule has 0 aliphatic carbocycles. The predicted octanol–water partition coefficient (Wildman–Crippen LogP) is 4.67. The maximum absolute atomic E-state index is 13.3. The van der Waals surface area contributed by atoms with Crippen molar-refractivity contribution in [3.05, 3.63) is 63.6 Å². The van der Waals surface area contributed by atoms with E-state index in [1.54, 1.807) is 18.2 Å². The Labute approximate surface area is 184 Å². The van der Waals surface area contributed by atoms with Crippen molar-refractivity contribution in [3.8, 4) is 11.5 Å². The minimum Gasteiger partial charge on any atom is -0.494 e. The lowest BCUT2D eigenvalue weighted by molar-refractivity contribution is -0.194. The van der Waals surface area contributed by atoms with Gasteiger partial charge in [0.15, 0.2) is 11.6 Å². The fourth-order valence-electron chi connectivity index (χ4n) is 3.10. The van der Waals surface area contributed by atoms with Crippen LogP contribution in [-0.4, -0.2) is 17.9 Å². The summed E-state index contributed by atoms with van der Waals surface area (Å²) in [6, 6.07) is 12.7. The number of amidine groups is 1. The molecule has 0 atom stereocenters. The minimum absolute atomic E-state index is 0.0942. The Morgan fingerprint density at radius 3 is 2.87 bits per heavy atom. The molecule has 0 amide bonds. The molecule has 0 spiro atoms. The van der Waals surface area contributed by atoms with Gasteiger partial charge in [-0.25, -0.2) is 13.8 Å². The van der Waals surface area contributed by atoms with Crippen molar-refractivity contribution >= 4 is 39.6 Å². The number of fused-ring (bicyclic) bond motifs is 1. The average molecular weight is 466 g/mol. The first-order chi connectivity index (χ1) is 15.0. The van der Waals surface area contributed by atoms with Crippen LogP contribution in [0.15, 0.2) is 47.6 Å². The number of alkyl halides is 2. The van der Waals surface area contributed by atoms with Crippen molar-refractivity contribution in [2.24, 2.45) is 5.10 Å². The molecule has 1 N–H and O–H groups in total. The number of anilines is 2. The topological polar surface area (TPSA) is 71.5 Å². The van der Waals surface area contributed by atoms with Crippen LogP contribution in [0.2, 0.25) is 4.34 Å². The third-order valence-electron chi connectivity index (χ3n) is 4.59. The molecule has 0 fully saturated rings. The Hall–Kier alpha value is -3.15. The molecular weight excluding hydrogens is 452 g/mol. The van der Waals surface area contributed by atoms with Gasteiger partial charge >= 0.3 is 0 Å². The van der Waals surface area contributed by atoms with Crippen LogP contribution in [0.3, 0.4) is 0 Å². The summed E-state index contributed by atoms with van der Waals surface area (Å²) >= 11 is 6.90. The second kappa shape index (κ2) is 7.84. The number of rotatable bonds is 5. The number of hydrogen-bond donors (Lipinski definition) is 1. The summed E-state index contributed by atoms with van der Waals surface area (Å²) in [6.07, 6.45) is -2.80. The summed E-state index contributed by atoms with van der Waals surface area (Å²) < 4.78 is 31.9. The highest BCUT2D eigenvalue weighted by atomic mass is 35.5. The Morgan fingerprint density at radius 1 is 1.26 bits per heavy atom. The van der Waals surface area contributed by atoms with Crippen molar-refractivity contribution in [2.45, 2.75) is 13.0 Å². The zero-order valence-corrected chi connectivity index (χ0v) is 17.5. The highest BCUT2D eigenvalue weighted by molar-refractivity contribution is 7.19. The van der Waals surface area contributed by atoms with Gasteiger partial charge in [0.1, 0.15) is 28.1 Å². The standard InChI is InChI=1S/C19H14ClF2N5O3S/c1-28-13-5-3-2-4-12(13)26-24-18(10-6-7-11-9-29-30-14(11)8-10)25-27(26)19-23-15(17(21)22)16(20)31-19/h2-8,17H,9H2,1H3,(H,24,25). The molecule has 31 heavy (non-hydrogen) atoms. The van der Waals surface area contributed by atoms with E-state index >= 15 is 0 Å². The largest absolute Gasteiger partial charge is 0.494 e. The molecule has 0 unspecified atom stereocenters. The average Bonchev–Trinajstić information content (AvgIpc) is 3.50. The van der Waals surface area contributed by atoms with Crippen LogP contribution in [0.25, 0.3) is 0 Å². The Kier molecular flexibility index (Phi) is 5.00. The van der Waals surface area contributed by atoms with Gasteiger partial charge in [0.25, 0.3) is 6.43 Å². The maximum atomic E-state index is 13.3. The molecule has 0 saturated heterocycles. The number of para-hydroxylation sites is 2. The molecule has 0 bridgehead atoms. The number of benzene rings is 2. The smallest absolute Gasteiger partial charge is 0.282 e. The zero-order valence-electron chi connectivity index (χ0n) is 15.9. The van der Waals surface area contributed by atoms with Crippen molar-refractivity contribution < 1.29 is 23.3 Å². The van der Waals surface area contributed by atoms with E-state index in [1.165, 1.54) is 17.3 Å². The lowest BCUT2D eigenvalue weighted by Gasteiger charge is -2.26. The van der Waals surface area contributed by atoms with E-state index in [1.807, 2.05) is 24.3 Å². The van der Waals surface area contributed by atoms with Gasteiger partial charge in [-0.05, 0) is 18.2 Å². The third kappa shape index (κ3) is 3.50. The normalized spacial score (nSPS) is 15.1. The van der Waals surface area contributed by atoms with E-state index in [2.05, 4.69) is 15.5 Å². The predicted molar refractivity (Wildman–Crippen MR) is 112 cm³/mol. The Morgan fingerprint density at radius 2 is 2.10 bits per heavy atom. The van der Waals surface area contributed by atoms with Crippen LogP contribution in [0.5, 0.6) is 11.5 Å². The number of ether oxygens (including phenoxy) is 1. The number of hydrazine groups is 2. The molecular formula is C19H14ClF2N5O3S. The first kappa shape index (κ1) is 19.8. The molecule has 2 aromatic carbocycles. The number of nitrogens with zero attached hydrogens (tertiary/aromatic N) is 4. The van der Waals surface area contributed by atoms with E-state index in [0.29, 0.717) is 35.2 Å². The lowest BCUT2D eigenvalue weighted by atomic mass is 10.1. The molecule has 160 valence electrons. The molecule has 0 radical (unpaired) electrons. The number of thiazole rings is 1. The summed E-state index contributed by atoms with van der Waals surface area (Å²) in [7, 11) is 1.53. The minimum atomic E-state index is -2.80. The van der Waals surface area contributed by atoms with Gasteiger partial charge in [0.05, 0.1) is 7.11 Å². The number of nitrogens with one attached hydrogen (secondary N) is 1. The fourth-order valence-corrected chi connectivity index (χ4v) is 4.18. The van der Waals surface area contributed by atoms with Crippen LogP contribution in [0.4, 0.5) is 19.6 Å². The van der Waals surface area contributed by atoms with Crippen molar-refractivity contribution in [1.82, 2.24) is 10.4 Å². The number of halogens is 3. The first-order valence-corrected chi connectivity index (χ1v) is 10.2. The van der Waals surface area contributed by atoms with Crippen LogP contribution in [0, 0.1) is 0 Å². The van der Waals surface area contributed by atoms with Gasteiger partial charge in [-0.15, -0.1) is 15.3 Å². The van der Waals surface area contributed by atoms with E-state index in [-0.39, 0.29) is 9.47 Å². The SMILES string of the molecule is COc1ccccc1N1N=C(c2ccc3c(c2)OOC3)NN1c1nc(C(F)F)c(Cl)s1. The number of aromatic nitrogens is 1. The summed E-state index contributed by atoms with van der Waals surface area (Å²) in [4.78, 5) is 14.2. The van der Waals surface area contributed by atoms with Gasteiger partial charge in [0.2, 0.25) is 5.13 Å². The zero-order chi connectivity index (χ0) is 21.5. The maximum Gasteiger partial charge on any atom is 0.282 e. The van der Waals surface area contributed by atoms with Crippen LogP contribution >= 0.6 is 22.9 Å². The molecule has 2 aliphatic heterocycles. The van der Waals surface area contributed by atoms with Gasteiger partial charge in [-0.2, -0.15) is 4.89 Å². The monoisotopic (exact) mass is 465 g/mol. The van der Waals surface area contributed by atoms with Crippen LogP contribution in [0.1, 0.15) is 23.2 Å². The van der Waals surface area contributed by atoms with Crippen LogP contribution in [-0.2, 0) is 11.5 Å². The summed E-state index contributed by atoms with van der Waals surface area (Å²) in [5.41, 5.74) is 4.79. The molecule has 8 nitrogen and oxygen atoms in total. The summed E-state index contributed by atoms with van der Waals surface area (Å²) in [5.74, 6) is 1.55. The summed E-state index contributed by atoms with van der Waals surface area (Å²) in [6.45, 7) is 0.364. The van der Waals surface area contributed by atoms with Crippen molar-refractivity contribution in [3.63, 3.8) is 0 Å². The van der Waals surface area contributed by atoms with E-state index in [0.717, 1.165) is 16.9 Å². The lowest BCUT2D eigenvalue weighted by Crippen LogP contribution is -2.44. The third-order valence-corrected chi connectivity index (χ3v) is 5.85. The summed E-state index contributed by atoms with van der Waals surface area (Å²) in [5, 5.41) is 7.72. The second-order valence-corrected chi connectivity index (χ2v) is 8.04. The Balaban J connectivity index is 1.58. The van der Waals surface area contributed by atoms with Gasteiger partial charge in [-0.3, -0.25) is 5.43 Å². The molecule has 0 saturated carbocycles. The van der Waals surface area contributed by atoms with E-state index < -0.39 is 12.1 Å². The highest BCUT2D eigenvalue weighted by Crippen LogP contribution is 2.39. The molecule has 3 heterocycles. The number of hydrazone groups is 1. The van der Waals surface area contributed by atoms with Gasteiger partial charge in [0, 0.05) is 11.1 Å². The highest BCUT2D eigenvalue weighted by Gasteiger charge is 2.33. The van der Waals surface area contributed by atoms with Gasteiger partial charge < -0.3 is 9.62 Å². The van der Waals surface area contributed by atoms with E-state index in [9.17, 15) is 8.78 Å². The van der Waals surface area contributed by atoms with Crippen molar-refractivity contribution in [1.29, 1.82) is 0 Å². The van der Waals surface area contributed by atoms with Gasteiger partial charge in [-0.1, -0.05) is 47.2 Å². The number of methoxy groups -OCH3 is 1. The molecule has 12 heteroatoms. The van der Waals surface area contributed by atoms with Crippen LogP contribution < -0.4 is 25.3 Å². The fraction of sp³-hybridized carbons (Fsp3) is 0.158.